The molecule has 1 fully saturated rings. The summed E-state index contributed by atoms with van der Waals surface area (Å²) in [6.45, 7) is 5.46. The second-order valence-electron chi connectivity index (χ2n) is 4.66. The van der Waals surface area contributed by atoms with Gasteiger partial charge in [-0.2, -0.15) is 11.8 Å². The Hall–Kier alpha value is -0.750. The van der Waals surface area contributed by atoms with Crippen molar-refractivity contribution in [3.63, 3.8) is 0 Å². The van der Waals surface area contributed by atoms with Crippen LogP contribution in [0, 0.1) is 5.92 Å². The van der Waals surface area contributed by atoms with Crippen molar-refractivity contribution in [1.82, 2.24) is 10.2 Å². The van der Waals surface area contributed by atoms with E-state index in [0.29, 0.717) is 12.5 Å². The first-order chi connectivity index (χ1) is 8.00. The van der Waals surface area contributed by atoms with Crippen molar-refractivity contribution in [2.24, 2.45) is 11.7 Å². The molecule has 0 aromatic heterocycles. The van der Waals surface area contributed by atoms with Crippen LogP contribution in [-0.4, -0.2) is 53.9 Å². The first kappa shape index (κ1) is 14.3. The first-order valence-corrected chi connectivity index (χ1v) is 7.04. The van der Waals surface area contributed by atoms with E-state index in [9.17, 15) is 9.59 Å². The van der Waals surface area contributed by atoms with Crippen LogP contribution in [0.4, 0.5) is 0 Å². The maximum Gasteiger partial charge on any atom is 0.241 e. The van der Waals surface area contributed by atoms with Crippen LogP contribution in [-0.2, 0) is 9.59 Å². The lowest BCUT2D eigenvalue weighted by Gasteiger charge is -2.30. The third-order valence-electron chi connectivity index (χ3n) is 2.46. The number of nitrogens with zero attached hydrogens (tertiary/aromatic N) is 1. The van der Waals surface area contributed by atoms with E-state index in [0.717, 1.165) is 18.1 Å². The molecular formula is C11H21N3O2S. The van der Waals surface area contributed by atoms with Gasteiger partial charge in [-0.1, -0.05) is 13.8 Å². The third kappa shape index (κ3) is 4.95. The Morgan fingerprint density at radius 1 is 1.53 bits per heavy atom. The van der Waals surface area contributed by atoms with E-state index in [1.165, 1.54) is 0 Å². The molecule has 0 aliphatic carbocycles. The fourth-order valence-electron chi connectivity index (χ4n) is 1.81. The molecule has 1 aliphatic rings. The predicted octanol–water partition coefficient (Wildman–Crippen LogP) is -0.339. The van der Waals surface area contributed by atoms with Crippen molar-refractivity contribution in [3.05, 3.63) is 0 Å². The van der Waals surface area contributed by atoms with Gasteiger partial charge in [-0.15, -0.1) is 0 Å². The number of hydrogen-bond donors (Lipinski definition) is 2. The summed E-state index contributed by atoms with van der Waals surface area (Å²) in [7, 11) is 0. The molecule has 0 aromatic carbocycles. The maximum atomic E-state index is 12.2. The summed E-state index contributed by atoms with van der Waals surface area (Å²) < 4.78 is 0. The van der Waals surface area contributed by atoms with Crippen molar-refractivity contribution in [3.8, 4) is 0 Å². The SMILES string of the molecule is CC(C)CN(CC(N)=O)C(=O)C1CSCCN1. The summed E-state index contributed by atoms with van der Waals surface area (Å²) in [4.78, 5) is 24.8. The monoisotopic (exact) mass is 259 g/mol. The molecule has 1 rings (SSSR count). The summed E-state index contributed by atoms with van der Waals surface area (Å²) in [5.74, 6) is 1.66. The number of nitrogens with one attached hydrogen (secondary N) is 1. The molecular weight excluding hydrogens is 238 g/mol. The molecule has 98 valence electrons. The zero-order valence-electron chi connectivity index (χ0n) is 10.4. The Labute approximate surface area is 106 Å². The van der Waals surface area contributed by atoms with Gasteiger partial charge in [0.05, 0.1) is 12.6 Å². The molecule has 0 aromatic rings. The molecule has 0 bridgehead atoms. The molecule has 17 heavy (non-hydrogen) atoms. The number of primary amides is 1. The van der Waals surface area contributed by atoms with Crippen LogP contribution in [0.3, 0.4) is 0 Å². The topological polar surface area (TPSA) is 75.4 Å². The van der Waals surface area contributed by atoms with Gasteiger partial charge in [-0.3, -0.25) is 9.59 Å². The fraction of sp³-hybridized carbons (Fsp3) is 0.818. The number of nitrogens with two attached hydrogens (primary N) is 1. The highest BCUT2D eigenvalue weighted by atomic mass is 32.2. The number of rotatable bonds is 5. The average Bonchev–Trinajstić information content (AvgIpc) is 2.27. The zero-order valence-corrected chi connectivity index (χ0v) is 11.3. The van der Waals surface area contributed by atoms with Gasteiger partial charge in [0.25, 0.3) is 0 Å². The average molecular weight is 259 g/mol. The molecule has 0 saturated carbocycles. The molecule has 5 nitrogen and oxygen atoms in total. The van der Waals surface area contributed by atoms with E-state index in [4.69, 9.17) is 5.73 Å². The smallest absolute Gasteiger partial charge is 0.241 e. The van der Waals surface area contributed by atoms with E-state index < -0.39 is 5.91 Å². The number of carbonyl (C=O) groups excluding carboxylic acids is 2. The Morgan fingerprint density at radius 3 is 2.71 bits per heavy atom. The first-order valence-electron chi connectivity index (χ1n) is 5.89. The Bertz CT molecular complexity index is 278. The molecule has 0 spiro atoms. The second-order valence-corrected chi connectivity index (χ2v) is 5.81. The lowest BCUT2D eigenvalue weighted by Crippen LogP contribution is -2.53. The van der Waals surface area contributed by atoms with Crippen molar-refractivity contribution in [2.75, 3.05) is 31.1 Å². The zero-order chi connectivity index (χ0) is 12.8. The molecule has 0 radical (unpaired) electrons. The molecule has 1 aliphatic heterocycles. The quantitative estimate of drug-likeness (QED) is 0.708. The lowest BCUT2D eigenvalue weighted by molar-refractivity contribution is -0.137. The highest BCUT2D eigenvalue weighted by Gasteiger charge is 2.27. The van der Waals surface area contributed by atoms with Crippen LogP contribution in [0.25, 0.3) is 0 Å². The highest BCUT2D eigenvalue weighted by molar-refractivity contribution is 7.99. The number of hydrogen-bond acceptors (Lipinski definition) is 4. The Morgan fingerprint density at radius 2 is 2.24 bits per heavy atom. The molecule has 6 heteroatoms. The van der Waals surface area contributed by atoms with Crippen LogP contribution in [0.1, 0.15) is 13.8 Å². The minimum absolute atomic E-state index is 0.00954. The van der Waals surface area contributed by atoms with E-state index >= 15 is 0 Å². The van der Waals surface area contributed by atoms with Crippen LogP contribution in [0.2, 0.25) is 0 Å². The summed E-state index contributed by atoms with van der Waals surface area (Å²) in [6, 6.07) is -0.174. The highest BCUT2D eigenvalue weighted by Crippen LogP contribution is 2.11. The van der Waals surface area contributed by atoms with Crippen LogP contribution in [0.5, 0.6) is 0 Å². The standard InChI is InChI=1S/C11H21N3O2S/c1-8(2)5-14(6-10(12)15)11(16)9-7-17-4-3-13-9/h8-9,13H,3-7H2,1-2H3,(H2,12,15). The number of thioether (sulfide) groups is 1. The summed E-state index contributed by atoms with van der Waals surface area (Å²) in [6.07, 6.45) is 0. The van der Waals surface area contributed by atoms with Gasteiger partial charge in [0.2, 0.25) is 11.8 Å². The van der Waals surface area contributed by atoms with E-state index in [2.05, 4.69) is 5.32 Å². The van der Waals surface area contributed by atoms with Crippen LogP contribution in [0.15, 0.2) is 0 Å². The van der Waals surface area contributed by atoms with Gasteiger partial charge in [-0.25, -0.2) is 0 Å². The van der Waals surface area contributed by atoms with Gasteiger partial charge in [-0.05, 0) is 5.92 Å². The minimum atomic E-state index is -0.456. The predicted molar refractivity (Wildman–Crippen MR) is 69.7 cm³/mol. The molecule has 3 N–H and O–H groups in total. The fourth-order valence-corrected chi connectivity index (χ4v) is 2.73. The van der Waals surface area contributed by atoms with Crippen molar-refractivity contribution < 1.29 is 9.59 Å². The summed E-state index contributed by atoms with van der Waals surface area (Å²) in [5, 5.41) is 3.18. The maximum absolute atomic E-state index is 12.2. The lowest BCUT2D eigenvalue weighted by atomic mass is 10.2. The minimum Gasteiger partial charge on any atom is -0.368 e. The summed E-state index contributed by atoms with van der Waals surface area (Å²) >= 11 is 1.76. The molecule has 1 atom stereocenters. The Kier molecular flexibility index (Phi) is 5.77. The molecule has 1 heterocycles. The molecule has 2 amide bonds. The van der Waals surface area contributed by atoms with Gasteiger partial charge < -0.3 is 16.0 Å². The number of carbonyl (C=O) groups is 2. The second kappa shape index (κ2) is 6.86. The van der Waals surface area contributed by atoms with Crippen molar-refractivity contribution in [2.45, 2.75) is 19.9 Å². The van der Waals surface area contributed by atoms with Crippen molar-refractivity contribution >= 4 is 23.6 Å². The van der Waals surface area contributed by atoms with Gasteiger partial charge in [0.15, 0.2) is 0 Å². The van der Waals surface area contributed by atoms with E-state index in [1.54, 1.807) is 16.7 Å². The van der Waals surface area contributed by atoms with Gasteiger partial charge in [0, 0.05) is 24.6 Å². The molecule has 1 saturated heterocycles. The van der Waals surface area contributed by atoms with Gasteiger partial charge >= 0.3 is 0 Å². The van der Waals surface area contributed by atoms with Crippen LogP contribution < -0.4 is 11.1 Å². The number of amides is 2. The third-order valence-corrected chi connectivity index (χ3v) is 3.53. The largest absolute Gasteiger partial charge is 0.368 e. The van der Waals surface area contributed by atoms with Gasteiger partial charge in [0.1, 0.15) is 0 Å². The van der Waals surface area contributed by atoms with Crippen LogP contribution >= 0.6 is 11.8 Å². The Balaban J connectivity index is 2.60. The van der Waals surface area contributed by atoms with E-state index in [1.807, 2.05) is 13.8 Å². The summed E-state index contributed by atoms with van der Waals surface area (Å²) in [5.41, 5.74) is 5.18. The van der Waals surface area contributed by atoms with E-state index in [-0.39, 0.29) is 18.5 Å². The van der Waals surface area contributed by atoms with Crippen molar-refractivity contribution in [1.29, 1.82) is 0 Å². The molecule has 1 unspecified atom stereocenters. The normalized spacial score (nSPS) is 20.3.